The maximum Gasteiger partial charge on any atom is 0.342 e. The highest BCUT2D eigenvalue weighted by Crippen LogP contribution is 2.34. The van der Waals surface area contributed by atoms with Gasteiger partial charge in [0.2, 0.25) is 17.6 Å². The van der Waals surface area contributed by atoms with Crippen molar-refractivity contribution < 1.29 is 28.5 Å². The SMILES string of the molecule is COc1cccc(-c2cccc(Oc3nc(OC)cc(OC)n3)c2C(=O)OCc2ccccc2)n1. The smallest absolute Gasteiger partial charge is 0.342 e. The summed E-state index contributed by atoms with van der Waals surface area (Å²) in [6, 6.07) is 21.2. The highest BCUT2D eigenvalue weighted by molar-refractivity contribution is 5.99. The Labute approximate surface area is 202 Å². The number of nitrogens with zero attached hydrogens (tertiary/aromatic N) is 3. The molecule has 0 aliphatic rings. The Morgan fingerprint density at radius 2 is 1.43 bits per heavy atom. The molecule has 0 fully saturated rings. The average molecular weight is 473 g/mol. The molecule has 4 rings (SSSR count). The molecule has 0 amide bonds. The van der Waals surface area contributed by atoms with Gasteiger partial charge in [-0.05, 0) is 17.7 Å². The minimum absolute atomic E-state index is 0.0611. The number of hydrogen-bond donors (Lipinski definition) is 0. The summed E-state index contributed by atoms with van der Waals surface area (Å²) < 4.78 is 27.2. The van der Waals surface area contributed by atoms with Crippen LogP contribution in [0.1, 0.15) is 15.9 Å². The van der Waals surface area contributed by atoms with Crippen LogP contribution in [0.25, 0.3) is 11.3 Å². The minimum Gasteiger partial charge on any atom is -0.481 e. The fourth-order valence-corrected chi connectivity index (χ4v) is 3.25. The van der Waals surface area contributed by atoms with Crippen molar-refractivity contribution in [1.29, 1.82) is 0 Å². The first kappa shape index (κ1) is 23.5. The van der Waals surface area contributed by atoms with Crippen molar-refractivity contribution in [3.8, 4) is 40.7 Å². The van der Waals surface area contributed by atoms with E-state index >= 15 is 0 Å². The number of carbonyl (C=O) groups excluding carboxylic acids is 1. The molecule has 0 spiro atoms. The van der Waals surface area contributed by atoms with Gasteiger partial charge in [-0.2, -0.15) is 9.97 Å². The van der Waals surface area contributed by atoms with E-state index in [1.165, 1.54) is 27.4 Å². The number of aromatic nitrogens is 3. The van der Waals surface area contributed by atoms with Crippen LogP contribution in [0.3, 0.4) is 0 Å². The van der Waals surface area contributed by atoms with Crippen molar-refractivity contribution in [2.75, 3.05) is 21.3 Å². The minimum atomic E-state index is -0.598. The van der Waals surface area contributed by atoms with Gasteiger partial charge < -0.3 is 23.7 Å². The lowest BCUT2D eigenvalue weighted by Crippen LogP contribution is -2.10. The van der Waals surface area contributed by atoms with Crippen LogP contribution < -0.4 is 18.9 Å². The summed E-state index contributed by atoms with van der Waals surface area (Å²) in [4.78, 5) is 26.2. The van der Waals surface area contributed by atoms with Gasteiger partial charge in [0.15, 0.2) is 0 Å². The van der Waals surface area contributed by atoms with Crippen LogP contribution >= 0.6 is 0 Å². The molecule has 0 aliphatic heterocycles. The van der Waals surface area contributed by atoms with Crippen LogP contribution in [0.4, 0.5) is 0 Å². The van der Waals surface area contributed by atoms with Gasteiger partial charge in [0.1, 0.15) is 17.9 Å². The monoisotopic (exact) mass is 473 g/mol. The first-order chi connectivity index (χ1) is 17.1. The van der Waals surface area contributed by atoms with E-state index in [1.54, 1.807) is 36.4 Å². The van der Waals surface area contributed by atoms with Gasteiger partial charge in [0, 0.05) is 11.6 Å². The zero-order valence-corrected chi connectivity index (χ0v) is 19.4. The number of carbonyl (C=O) groups is 1. The van der Waals surface area contributed by atoms with Crippen LogP contribution in [0, 0.1) is 0 Å². The molecule has 9 nitrogen and oxygen atoms in total. The van der Waals surface area contributed by atoms with Gasteiger partial charge in [-0.15, -0.1) is 0 Å². The third-order valence-electron chi connectivity index (χ3n) is 4.93. The third kappa shape index (κ3) is 5.64. The lowest BCUT2D eigenvalue weighted by atomic mass is 10.0. The lowest BCUT2D eigenvalue weighted by Gasteiger charge is -2.15. The average Bonchev–Trinajstić information content (AvgIpc) is 2.92. The van der Waals surface area contributed by atoms with Gasteiger partial charge in [-0.3, -0.25) is 0 Å². The van der Waals surface area contributed by atoms with Crippen molar-refractivity contribution >= 4 is 5.97 Å². The summed E-state index contributed by atoms with van der Waals surface area (Å²) >= 11 is 0. The molecular weight excluding hydrogens is 450 g/mol. The van der Waals surface area contributed by atoms with Gasteiger partial charge in [0.05, 0.1) is 33.1 Å². The molecule has 2 heterocycles. The van der Waals surface area contributed by atoms with Crippen molar-refractivity contribution in [2.45, 2.75) is 6.61 Å². The number of hydrogen-bond acceptors (Lipinski definition) is 9. The zero-order valence-electron chi connectivity index (χ0n) is 19.4. The lowest BCUT2D eigenvalue weighted by molar-refractivity contribution is 0.0470. The largest absolute Gasteiger partial charge is 0.481 e. The highest BCUT2D eigenvalue weighted by Gasteiger charge is 2.23. The second-order valence-electron chi connectivity index (χ2n) is 7.14. The van der Waals surface area contributed by atoms with Crippen molar-refractivity contribution in [1.82, 2.24) is 15.0 Å². The molecule has 0 unspecified atom stereocenters. The van der Waals surface area contributed by atoms with Crippen LogP contribution in [0.5, 0.6) is 29.4 Å². The predicted molar refractivity (Wildman–Crippen MR) is 127 cm³/mol. The molecule has 35 heavy (non-hydrogen) atoms. The molecule has 0 N–H and O–H groups in total. The fraction of sp³-hybridized carbons (Fsp3) is 0.154. The number of ether oxygens (including phenoxy) is 5. The van der Waals surface area contributed by atoms with E-state index in [0.717, 1.165) is 5.56 Å². The van der Waals surface area contributed by atoms with E-state index < -0.39 is 5.97 Å². The summed E-state index contributed by atoms with van der Waals surface area (Å²) in [6.07, 6.45) is 0. The molecule has 4 aromatic rings. The predicted octanol–water partition coefficient (Wildman–Crippen LogP) is 4.71. The van der Waals surface area contributed by atoms with Crippen molar-refractivity contribution in [2.24, 2.45) is 0 Å². The molecule has 178 valence electrons. The first-order valence-corrected chi connectivity index (χ1v) is 10.6. The van der Waals surface area contributed by atoms with E-state index in [-0.39, 0.29) is 35.7 Å². The van der Waals surface area contributed by atoms with Crippen LogP contribution in [-0.4, -0.2) is 42.3 Å². The molecule has 9 heteroatoms. The second-order valence-corrected chi connectivity index (χ2v) is 7.14. The Balaban J connectivity index is 1.76. The molecule has 0 radical (unpaired) electrons. The normalized spacial score (nSPS) is 10.4. The number of rotatable bonds is 9. The zero-order chi connectivity index (χ0) is 24.6. The summed E-state index contributed by atoms with van der Waals surface area (Å²) in [5, 5.41) is 0. The summed E-state index contributed by atoms with van der Waals surface area (Å²) in [6.45, 7) is 0.0858. The number of benzene rings is 2. The van der Waals surface area contributed by atoms with E-state index in [2.05, 4.69) is 15.0 Å². The quantitative estimate of drug-likeness (QED) is 0.320. The summed E-state index contributed by atoms with van der Waals surface area (Å²) in [7, 11) is 4.45. The molecule has 2 aromatic heterocycles. The Morgan fingerprint density at radius 3 is 2.11 bits per heavy atom. The van der Waals surface area contributed by atoms with Crippen molar-refractivity contribution in [3.05, 3.63) is 83.9 Å². The maximum atomic E-state index is 13.4. The Bertz CT molecular complexity index is 1290. The van der Waals surface area contributed by atoms with Gasteiger partial charge >= 0.3 is 12.0 Å². The molecule has 2 aromatic carbocycles. The standard InChI is InChI=1S/C26H23N3O6/c1-31-21-14-8-12-19(27-21)18-11-7-13-20(35-26-28-22(32-2)15-23(29-26)33-3)24(18)25(30)34-16-17-9-5-4-6-10-17/h4-15H,16H2,1-3H3. The molecule has 0 bridgehead atoms. The Kier molecular flexibility index (Phi) is 7.37. The Hall–Kier alpha value is -4.66. The highest BCUT2D eigenvalue weighted by atomic mass is 16.5. The number of esters is 1. The van der Waals surface area contributed by atoms with Crippen LogP contribution in [-0.2, 0) is 11.3 Å². The second kappa shape index (κ2) is 11.0. The Morgan fingerprint density at radius 1 is 0.743 bits per heavy atom. The van der Waals surface area contributed by atoms with Gasteiger partial charge in [-0.1, -0.05) is 48.5 Å². The molecular formula is C26H23N3O6. The molecule has 0 saturated carbocycles. The van der Waals surface area contributed by atoms with E-state index in [9.17, 15) is 4.79 Å². The number of methoxy groups -OCH3 is 3. The van der Waals surface area contributed by atoms with Crippen LogP contribution in [0.15, 0.2) is 72.8 Å². The summed E-state index contributed by atoms with van der Waals surface area (Å²) in [5.74, 6) is 0.467. The molecule has 0 saturated heterocycles. The third-order valence-corrected chi connectivity index (χ3v) is 4.93. The fourth-order valence-electron chi connectivity index (χ4n) is 3.25. The van der Waals surface area contributed by atoms with E-state index in [4.69, 9.17) is 23.7 Å². The first-order valence-electron chi connectivity index (χ1n) is 10.6. The number of pyridine rings is 1. The van der Waals surface area contributed by atoms with E-state index in [1.807, 2.05) is 30.3 Å². The van der Waals surface area contributed by atoms with Gasteiger partial charge in [-0.25, -0.2) is 9.78 Å². The van der Waals surface area contributed by atoms with E-state index in [0.29, 0.717) is 17.1 Å². The molecule has 0 aliphatic carbocycles. The molecule has 0 atom stereocenters. The topological polar surface area (TPSA) is 102 Å². The van der Waals surface area contributed by atoms with Gasteiger partial charge in [0.25, 0.3) is 0 Å². The summed E-state index contributed by atoms with van der Waals surface area (Å²) in [5.41, 5.74) is 2.01. The maximum absolute atomic E-state index is 13.4. The van der Waals surface area contributed by atoms with Crippen molar-refractivity contribution in [3.63, 3.8) is 0 Å². The van der Waals surface area contributed by atoms with Crippen LogP contribution in [0.2, 0.25) is 0 Å².